The number of fused-ring (bicyclic) bond motifs is 1. The Morgan fingerprint density at radius 3 is 2.96 bits per heavy atom. The second-order valence-electron chi connectivity index (χ2n) is 6.04. The van der Waals surface area contributed by atoms with Gasteiger partial charge in [0.05, 0.1) is 11.8 Å². The Balaban J connectivity index is 1.57. The van der Waals surface area contributed by atoms with Crippen LogP contribution in [0.15, 0.2) is 47.7 Å². The number of H-pyrrole nitrogens is 1. The molecule has 3 aromatic rings. The van der Waals surface area contributed by atoms with E-state index in [0.717, 1.165) is 36.9 Å². The van der Waals surface area contributed by atoms with Crippen LogP contribution in [-0.2, 0) is 12.8 Å². The molecular formula is C18H17N5O2. The number of aromatic nitrogens is 4. The molecule has 4 rings (SSSR count). The highest BCUT2D eigenvalue weighted by Crippen LogP contribution is 2.20. The van der Waals surface area contributed by atoms with E-state index in [2.05, 4.69) is 20.4 Å². The Kier molecular flexibility index (Phi) is 3.89. The van der Waals surface area contributed by atoms with Crippen molar-refractivity contribution >= 4 is 11.6 Å². The van der Waals surface area contributed by atoms with E-state index in [1.54, 1.807) is 24.5 Å². The number of carbonyl (C=O) groups is 1. The third-order valence-electron chi connectivity index (χ3n) is 4.32. The van der Waals surface area contributed by atoms with Crippen LogP contribution < -0.4 is 10.9 Å². The Hall–Kier alpha value is -3.22. The highest BCUT2D eigenvalue weighted by molar-refractivity contribution is 6.03. The quantitative estimate of drug-likeness (QED) is 0.766. The number of pyridine rings is 2. The molecule has 2 N–H and O–H groups in total. The van der Waals surface area contributed by atoms with Gasteiger partial charge >= 0.3 is 0 Å². The fraction of sp³-hybridized carbons (Fsp3) is 0.222. The van der Waals surface area contributed by atoms with Crippen LogP contribution in [0.4, 0.5) is 5.69 Å². The van der Waals surface area contributed by atoms with Crippen LogP contribution in [0.2, 0.25) is 0 Å². The molecule has 7 nitrogen and oxygen atoms in total. The number of rotatable bonds is 3. The molecule has 126 valence electrons. The number of anilines is 1. The molecule has 0 bridgehead atoms. The molecule has 0 fully saturated rings. The maximum Gasteiger partial charge on any atom is 0.271 e. The minimum absolute atomic E-state index is 0.272. The van der Waals surface area contributed by atoms with Gasteiger partial charge < -0.3 is 10.3 Å². The lowest BCUT2D eigenvalue weighted by Crippen LogP contribution is -2.22. The first kappa shape index (κ1) is 15.3. The van der Waals surface area contributed by atoms with Gasteiger partial charge in [-0.15, -0.1) is 0 Å². The normalized spacial score (nSPS) is 13.3. The first-order valence-corrected chi connectivity index (χ1v) is 8.23. The van der Waals surface area contributed by atoms with E-state index in [-0.39, 0.29) is 17.2 Å². The van der Waals surface area contributed by atoms with Gasteiger partial charge in [-0.05, 0) is 49.4 Å². The third-order valence-corrected chi connectivity index (χ3v) is 4.32. The molecule has 0 unspecified atom stereocenters. The molecule has 3 aromatic heterocycles. The van der Waals surface area contributed by atoms with Crippen LogP contribution in [0.1, 0.15) is 34.5 Å². The Morgan fingerprint density at radius 1 is 1.24 bits per heavy atom. The molecule has 0 radical (unpaired) electrons. The minimum Gasteiger partial charge on any atom is -0.324 e. The van der Waals surface area contributed by atoms with Crippen molar-refractivity contribution in [2.24, 2.45) is 0 Å². The second kappa shape index (κ2) is 6.35. The van der Waals surface area contributed by atoms with Gasteiger partial charge in [-0.1, -0.05) is 6.07 Å². The number of nitrogens with zero attached hydrogens (tertiary/aromatic N) is 3. The van der Waals surface area contributed by atoms with Gasteiger partial charge in [0.1, 0.15) is 5.69 Å². The fourth-order valence-electron chi connectivity index (χ4n) is 3.02. The van der Waals surface area contributed by atoms with Crippen molar-refractivity contribution in [2.45, 2.75) is 25.7 Å². The number of amides is 1. The zero-order valence-electron chi connectivity index (χ0n) is 13.5. The summed E-state index contributed by atoms with van der Waals surface area (Å²) in [6.07, 6.45) is 8.69. The molecule has 1 aliphatic carbocycles. The zero-order valence-corrected chi connectivity index (χ0v) is 13.5. The van der Waals surface area contributed by atoms with Crippen LogP contribution >= 0.6 is 0 Å². The molecule has 1 aliphatic rings. The van der Waals surface area contributed by atoms with Gasteiger partial charge in [0.15, 0.2) is 5.82 Å². The number of hydrogen-bond acceptors (Lipinski definition) is 4. The van der Waals surface area contributed by atoms with Gasteiger partial charge in [0.2, 0.25) is 0 Å². The topological polar surface area (TPSA) is 92.7 Å². The standard InChI is InChI=1S/C18H17N5O2/c24-17(13-10-20-23(11-13)16-7-3-4-8-19-16)22-15-9-12-5-1-2-6-14(12)21-18(15)25/h3-4,7-11H,1-2,5-6H2,(H,21,25)(H,22,24). The van der Waals surface area contributed by atoms with E-state index in [4.69, 9.17) is 0 Å². The molecule has 0 aliphatic heterocycles. The van der Waals surface area contributed by atoms with Gasteiger partial charge in [-0.25, -0.2) is 9.67 Å². The smallest absolute Gasteiger partial charge is 0.271 e. The van der Waals surface area contributed by atoms with Crippen LogP contribution in [-0.4, -0.2) is 25.7 Å². The first-order valence-electron chi connectivity index (χ1n) is 8.23. The summed E-state index contributed by atoms with van der Waals surface area (Å²) < 4.78 is 1.52. The van der Waals surface area contributed by atoms with Gasteiger partial charge in [0, 0.05) is 18.1 Å². The molecule has 1 amide bonds. The van der Waals surface area contributed by atoms with Crippen molar-refractivity contribution < 1.29 is 4.79 Å². The molecule has 25 heavy (non-hydrogen) atoms. The highest BCUT2D eigenvalue weighted by Gasteiger charge is 2.16. The van der Waals surface area contributed by atoms with Crippen molar-refractivity contribution in [3.8, 4) is 5.82 Å². The molecule has 0 aromatic carbocycles. The van der Waals surface area contributed by atoms with Crippen molar-refractivity contribution in [2.75, 3.05) is 5.32 Å². The fourth-order valence-corrected chi connectivity index (χ4v) is 3.02. The molecule has 0 atom stereocenters. The van der Waals surface area contributed by atoms with Crippen LogP contribution in [0.5, 0.6) is 0 Å². The predicted octanol–water partition coefficient (Wildman–Crippen LogP) is 2.09. The number of hydrogen-bond donors (Lipinski definition) is 2. The number of carbonyl (C=O) groups excluding carboxylic acids is 1. The number of aromatic amines is 1. The predicted molar refractivity (Wildman–Crippen MR) is 93.0 cm³/mol. The summed E-state index contributed by atoms with van der Waals surface area (Å²) >= 11 is 0. The van der Waals surface area contributed by atoms with Gasteiger partial charge in [-0.3, -0.25) is 9.59 Å². The summed E-state index contributed by atoms with van der Waals surface area (Å²) in [4.78, 5) is 31.7. The second-order valence-corrected chi connectivity index (χ2v) is 6.04. The molecule has 0 saturated heterocycles. The van der Waals surface area contributed by atoms with Crippen molar-refractivity contribution in [1.82, 2.24) is 19.7 Å². The van der Waals surface area contributed by atoms with E-state index >= 15 is 0 Å². The maximum absolute atomic E-state index is 12.4. The monoisotopic (exact) mass is 335 g/mol. The van der Waals surface area contributed by atoms with Crippen molar-refractivity contribution in [3.05, 3.63) is 70.0 Å². The largest absolute Gasteiger partial charge is 0.324 e. The lowest BCUT2D eigenvalue weighted by atomic mass is 9.96. The molecule has 7 heteroatoms. The molecule has 0 saturated carbocycles. The third kappa shape index (κ3) is 3.08. The van der Waals surface area contributed by atoms with E-state index < -0.39 is 0 Å². The summed E-state index contributed by atoms with van der Waals surface area (Å²) in [6.45, 7) is 0. The highest BCUT2D eigenvalue weighted by atomic mass is 16.2. The van der Waals surface area contributed by atoms with Crippen molar-refractivity contribution in [3.63, 3.8) is 0 Å². The van der Waals surface area contributed by atoms with Gasteiger partial charge in [0.25, 0.3) is 11.5 Å². The van der Waals surface area contributed by atoms with Crippen molar-refractivity contribution in [1.29, 1.82) is 0 Å². The lowest BCUT2D eigenvalue weighted by molar-refractivity contribution is 0.102. The average molecular weight is 335 g/mol. The molecular weight excluding hydrogens is 318 g/mol. The van der Waals surface area contributed by atoms with E-state index in [1.807, 2.05) is 12.1 Å². The first-order chi connectivity index (χ1) is 12.2. The zero-order chi connectivity index (χ0) is 17.2. The number of nitrogens with one attached hydrogen (secondary N) is 2. The van der Waals surface area contributed by atoms with E-state index in [9.17, 15) is 9.59 Å². The average Bonchev–Trinajstić information content (AvgIpc) is 3.13. The molecule has 3 heterocycles. The number of aryl methyl sites for hydroxylation is 2. The summed E-state index contributed by atoms with van der Waals surface area (Å²) in [5.41, 5.74) is 2.45. The summed E-state index contributed by atoms with van der Waals surface area (Å²) in [7, 11) is 0. The maximum atomic E-state index is 12.4. The van der Waals surface area contributed by atoms with Gasteiger partial charge in [-0.2, -0.15) is 5.10 Å². The Labute approximate surface area is 143 Å². The van der Waals surface area contributed by atoms with E-state index in [0.29, 0.717) is 11.4 Å². The summed E-state index contributed by atoms with van der Waals surface area (Å²) in [5.74, 6) is 0.247. The van der Waals surface area contributed by atoms with Crippen LogP contribution in [0.25, 0.3) is 5.82 Å². The minimum atomic E-state index is -0.372. The SMILES string of the molecule is O=C(Nc1cc2c([nH]c1=O)CCCC2)c1cnn(-c2ccccn2)c1. The van der Waals surface area contributed by atoms with Crippen LogP contribution in [0.3, 0.4) is 0 Å². The van der Waals surface area contributed by atoms with Crippen LogP contribution in [0, 0.1) is 0 Å². The Morgan fingerprint density at radius 2 is 2.12 bits per heavy atom. The lowest BCUT2D eigenvalue weighted by Gasteiger charge is -2.16. The Bertz CT molecular complexity index is 975. The summed E-state index contributed by atoms with van der Waals surface area (Å²) in [5, 5.41) is 6.83. The molecule has 0 spiro atoms. The summed E-state index contributed by atoms with van der Waals surface area (Å²) in [6, 6.07) is 7.23. The van der Waals surface area contributed by atoms with E-state index in [1.165, 1.54) is 10.9 Å².